The number of rotatable bonds is 4. The zero-order chi connectivity index (χ0) is 10.6. The molecule has 0 radical (unpaired) electrons. The molecule has 0 aliphatic heterocycles. The van der Waals surface area contributed by atoms with Crippen LogP contribution in [0.1, 0.15) is 33.1 Å². The Labute approximate surface area is 85.1 Å². The van der Waals surface area contributed by atoms with Crippen molar-refractivity contribution in [1.29, 1.82) is 0 Å². The van der Waals surface area contributed by atoms with Gasteiger partial charge in [0.05, 0.1) is 12.1 Å². The minimum atomic E-state index is -0.285. The molecule has 1 saturated carbocycles. The number of nitrogens with one attached hydrogen (secondary N) is 2. The fourth-order valence-electron chi connectivity index (χ4n) is 1.86. The van der Waals surface area contributed by atoms with E-state index in [0.717, 1.165) is 19.3 Å². The lowest BCUT2D eigenvalue weighted by molar-refractivity contribution is -0.122. The Balaban J connectivity index is 2.32. The summed E-state index contributed by atoms with van der Waals surface area (Å²) in [6.07, 6.45) is 2.57. The molecule has 0 saturated heterocycles. The first kappa shape index (κ1) is 11.5. The van der Waals surface area contributed by atoms with Crippen LogP contribution < -0.4 is 10.6 Å². The Morgan fingerprint density at radius 1 is 1.57 bits per heavy atom. The average Bonchev–Trinajstić information content (AvgIpc) is 2.52. The molecule has 1 amide bonds. The molecule has 0 bridgehead atoms. The maximum atomic E-state index is 11.4. The van der Waals surface area contributed by atoms with Crippen LogP contribution in [0.4, 0.5) is 0 Å². The van der Waals surface area contributed by atoms with Crippen LogP contribution in [-0.4, -0.2) is 35.7 Å². The van der Waals surface area contributed by atoms with Crippen molar-refractivity contribution in [1.82, 2.24) is 10.6 Å². The second-order valence-corrected chi connectivity index (χ2v) is 3.89. The number of carbonyl (C=O) groups is 1. The van der Waals surface area contributed by atoms with Gasteiger partial charge in [-0.25, -0.2) is 0 Å². The van der Waals surface area contributed by atoms with Crippen LogP contribution in [0, 0.1) is 0 Å². The highest BCUT2D eigenvalue weighted by Crippen LogP contribution is 2.19. The van der Waals surface area contributed by atoms with Crippen molar-refractivity contribution in [3.05, 3.63) is 0 Å². The standard InChI is InChI=1S/C10H20N2O2/c1-3-11-10(14)7(2)12-8-5-4-6-9(8)13/h7-9,12-13H,3-6H2,1-2H3,(H,11,14)/t7?,8-,9-/m0/s1. The quantitative estimate of drug-likeness (QED) is 0.599. The van der Waals surface area contributed by atoms with E-state index in [2.05, 4.69) is 10.6 Å². The van der Waals surface area contributed by atoms with Gasteiger partial charge in [0.15, 0.2) is 0 Å². The van der Waals surface area contributed by atoms with Crippen LogP contribution >= 0.6 is 0 Å². The number of amides is 1. The lowest BCUT2D eigenvalue weighted by atomic mass is 10.2. The number of hydrogen-bond donors (Lipinski definition) is 3. The van der Waals surface area contributed by atoms with E-state index in [1.807, 2.05) is 13.8 Å². The summed E-state index contributed by atoms with van der Waals surface area (Å²) in [5.74, 6) is 0.00611. The molecule has 4 heteroatoms. The molecule has 1 rings (SSSR count). The van der Waals surface area contributed by atoms with Crippen LogP contribution in [-0.2, 0) is 4.79 Å². The third kappa shape index (κ3) is 2.96. The van der Waals surface area contributed by atoms with Gasteiger partial charge in [-0.3, -0.25) is 4.79 Å². The van der Waals surface area contributed by atoms with Gasteiger partial charge in [-0.15, -0.1) is 0 Å². The van der Waals surface area contributed by atoms with Crippen LogP contribution in [0.3, 0.4) is 0 Å². The van der Waals surface area contributed by atoms with E-state index in [4.69, 9.17) is 0 Å². The van der Waals surface area contributed by atoms with Gasteiger partial charge < -0.3 is 15.7 Å². The highest BCUT2D eigenvalue weighted by Gasteiger charge is 2.27. The molecular formula is C10H20N2O2. The Hall–Kier alpha value is -0.610. The summed E-state index contributed by atoms with van der Waals surface area (Å²) in [7, 11) is 0. The molecule has 0 aromatic carbocycles. The molecule has 82 valence electrons. The molecule has 0 heterocycles. The summed E-state index contributed by atoms with van der Waals surface area (Å²) in [5, 5.41) is 15.5. The van der Waals surface area contributed by atoms with E-state index in [-0.39, 0.29) is 24.1 Å². The molecule has 1 unspecified atom stereocenters. The predicted molar refractivity (Wildman–Crippen MR) is 54.9 cm³/mol. The monoisotopic (exact) mass is 200 g/mol. The average molecular weight is 200 g/mol. The Morgan fingerprint density at radius 2 is 2.29 bits per heavy atom. The SMILES string of the molecule is CCNC(=O)C(C)N[C@H]1CCC[C@@H]1O. The van der Waals surface area contributed by atoms with E-state index in [1.54, 1.807) is 0 Å². The second-order valence-electron chi connectivity index (χ2n) is 3.89. The van der Waals surface area contributed by atoms with Crippen molar-refractivity contribution < 1.29 is 9.90 Å². The zero-order valence-electron chi connectivity index (χ0n) is 8.92. The summed E-state index contributed by atoms with van der Waals surface area (Å²) in [6, 6.07) is -0.125. The summed E-state index contributed by atoms with van der Waals surface area (Å²) in [6.45, 7) is 4.38. The number of hydrogen-bond acceptors (Lipinski definition) is 3. The van der Waals surface area contributed by atoms with Gasteiger partial charge in [0.2, 0.25) is 5.91 Å². The van der Waals surface area contributed by atoms with Gasteiger partial charge in [-0.2, -0.15) is 0 Å². The van der Waals surface area contributed by atoms with Crippen molar-refractivity contribution in [2.75, 3.05) is 6.54 Å². The summed E-state index contributed by atoms with van der Waals surface area (Å²) >= 11 is 0. The van der Waals surface area contributed by atoms with Gasteiger partial charge in [-0.05, 0) is 33.1 Å². The maximum absolute atomic E-state index is 11.4. The number of aliphatic hydroxyl groups excluding tert-OH is 1. The van der Waals surface area contributed by atoms with Gasteiger partial charge in [-0.1, -0.05) is 0 Å². The summed E-state index contributed by atoms with van der Waals surface area (Å²) < 4.78 is 0. The molecule has 1 aliphatic carbocycles. The normalized spacial score (nSPS) is 28.8. The van der Waals surface area contributed by atoms with E-state index < -0.39 is 0 Å². The highest BCUT2D eigenvalue weighted by molar-refractivity contribution is 5.81. The lowest BCUT2D eigenvalue weighted by Crippen LogP contribution is -2.48. The van der Waals surface area contributed by atoms with E-state index >= 15 is 0 Å². The largest absolute Gasteiger partial charge is 0.392 e. The minimum Gasteiger partial charge on any atom is -0.392 e. The van der Waals surface area contributed by atoms with Crippen molar-refractivity contribution in [3.63, 3.8) is 0 Å². The van der Waals surface area contributed by atoms with Crippen molar-refractivity contribution in [3.8, 4) is 0 Å². The van der Waals surface area contributed by atoms with Crippen LogP contribution in [0.15, 0.2) is 0 Å². The molecule has 1 fully saturated rings. The molecule has 4 nitrogen and oxygen atoms in total. The lowest BCUT2D eigenvalue weighted by Gasteiger charge is -2.21. The summed E-state index contributed by atoms with van der Waals surface area (Å²) in [5.41, 5.74) is 0. The topological polar surface area (TPSA) is 61.4 Å². The Bertz CT molecular complexity index is 197. The molecule has 0 aromatic heterocycles. The van der Waals surface area contributed by atoms with Gasteiger partial charge in [0, 0.05) is 12.6 Å². The van der Waals surface area contributed by atoms with Gasteiger partial charge in [0.25, 0.3) is 0 Å². The molecule has 3 atom stereocenters. The first-order chi connectivity index (χ1) is 6.65. The fraction of sp³-hybridized carbons (Fsp3) is 0.900. The van der Waals surface area contributed by atoms with Crippen LogP contribution in [0.2, 0.25) is 0 Å². The zero-order valence-corrected chi connectivity index (χ0v) is 8.92. The highest BCUT2D eigenvalue weighted by atomic mass is 16.3. The Morgan fingerprint density at radius 3 is 2.79 bits per heavy atom. The molecule has 3 N–H and O–H groups in total. The third-order valence-electron chi connectivity index (χ3n) is 2.69. The molecule has 0 aromatic rings. The van der Waals surface area contributed by atoms with Gasteiger partial charge in [0.1, 0.15) is 0 Å². The number of likely N-dealkylation sites (N-methyl/N-ethyl adjacent to an activating group) is 1. The molecule has 14 heavy (non-hydrogen) atoms. The van der Waals surface area contributed by atoms with E-state index in [1.165, 1.54) is 0 Å². The van der Waals surface area contributed by atoms with Crippen LogP contribution in [0.25, 0.3) is 0 Å². The predicted octanol–water partition coefficient (Wildman–Crippen LogP) is 0.0140. The van der Waals surface area contributed by atoms with E-state index in [0.29, 0.717) is 6.54 Å². The number of aliphatic hydroxyl groups is 1. The fourth-order valence-corrected chi connectivity index (χ4v) is 1.86. The third-order valence-corrected chi connectivity index (χ3v) is 2.69. The second kappa shape index (κ2) is 5.32. The Kier molecular flexibility index (Phi) is 4.35. The van der Waals surface area contributed by atoms with Crippen LogP contribution in [0.5, 0.6) is 0 Å². The molecular weight excluding hydrogens is 180 g/mol. The van der Waals surface area contributed by atoms with Crippen molar-refractivity contribution in [2.45, 2.75) is 51.3 Å². The number of carbonyl (C=O) groups excluding carboxylic acids is 1. The van der Waals surface area contributed by atoms with Gasteiger partial charge >= 0.3 is 0 Å². The smallest absolute Gasteiger partial charge is 0.236 e. The van der Waals surface area contributed by atoms with Crippen molar-refractivity contribution >= 4 is 5.91 Å². The maximum Gasteiger partial charge on any atom is 0.236 e. The first-order valence-corrected chi connectivity index (χ1v) is 5.37. The molecule has 0 spiro atoms. The summed E-state index contributed by atoms with van der Waals surface area (Å²) in [4.78, 5) is 11.4. The molecule has 1 aliphatic rings. The van der Waals surface area contributed by atoms with E-state index in [9.17, 15) is 9.90 Å². The van der Waals surface area contributed by atoms with Crippen molar-refractivity contribution in [2.24, 2.45) is 0 Å². The minimum absolute atomic E-state index is 0.00611. The first-order valence-electron chi connectivity index (χ1n) is 5.37.